The van der Waals surface area contributed by atoms with Gasteiger partial charge in [-0.2, -0.15) is 0 Å². The summed E-state index contributed by atoms with van der Waals surface area (Å²) < 4.78 is 15.6. The fourth-order valence-corrected chi connectivity index (χ4v) is 3.97. The van der Waals surface area contributed by atoms with E-state index in [4.69, 9.17) is 9.79 Å². The third-order valence-corrected chi connectivity index (χ3v) is 5.53. The summed E-state index contributed by atoms with van der Waals surface area (Å²) in [5, 5.41) is 9.41. The number of aromatic carboxylic acids is 1. The molecule has 0 aliphatic heterocycles. The normalized spacial score (nSPS) is 11.6. The van der Waals surface area contributed by atoms with Crippen LogP contribution in [0.2, 0.25) is 0 Å². The number of hydrogen-bond acceptors (Lipinski definition) is 3. The van der Waals surface area contributed by atoms with Crippen molar-refractivity contribution in [2.75, 3.05) is 0 Å². The lowest BCUT2D eigenvalue weighted by molar-refractivity contribution is 0.0693. The predicted molar refractivity (Wildman–Crippen MR) is 115 cm³/mol. The molecule has 0 saturated carbocycles. The molecule has 1 aromatic rings. The largest absolute Gasteiger partial charge is 0.524 e. The molecule has 166 valence electrons. The fraction of sp³-hybridized carbons (Fsp3) is 0.682. The van der Waals surface area contributed by atoms with Crippen molar-refractivity contribution < 1.29 is 28.8 Å². The number of carboxylic acids is 1. The number of carboxylic acid groups (broad SMARTS) is 1. The molecule has 0 aliphatic carbocycles. The van der Waals surface area contributed by atoms with Gasteiger partial charge in [0.25, 0.3) is 0 Å². The summed E-state index contributed by atoms with van der Waals surface area (Å²) in [7, 11) is -4.80. The average molecular weight is 429 g/mol. The van der Waals surface area contributed by atoms with E-state index in [9.17, 15) is 14.5 Å². The zero-order valence-corrected chi connectivity index (χ0v) is 18.5. The van der Waals surface area contributed by atoms with Crippen molar-refractivity contribution in [3.05, 3.63) is 29.3 Å². The van der Waals surface area contributed by atoms with Crippen LogP contribution in [-0.4, -0.2) is 20.9 Å². The van der Waals surface area contributed by atoms with Gasteiger partial charge in [-0.3, -0.25) is 9.79 Å². The molecule has 0 aliphatic rings. The van der Waals surface area contributed by atoms with Crippen LogP contribution in [0.1, 0.15) is 106 Å². The number of hydrogen-bond donors (Lipinski definition) is 3. The van der Waals surface area contributed by atoms with Gasteiger partial charge in [-0.15, -0.1) is 0 Å². The second-order valence-electron chi connectivity index (χ2n) is 7.67. The van der Waals surface area contributed by atoms with Gasteiger partial charge in [0.2, 0.25) is 0 Å². The molecule has 0 atom stereocenters. The molecular weight excluding hydrogens is 391 g/mol. The summed E-state index contributed by atoms with van der Waals surface area (Å²) in [4.78, 5) is 29.5. The van der Waals surface area contributed by atoms with Crippen molar-refractivity contribution in [1.82, 2.24) is 0 Å². The minimum atomic E-state index is -4.80. The zero-order valence-electron chi connectivity index (χ0n) is 17.6. The summed E-state index contributed by atoms with van der Waals surface area (Å²) in [6.45, 7) is 2.24. The second kappa shape index (κ2) is 14.6. The Bertz CT molecular complexity index is 640. The quantitative estimate of drug-likeness (QED) is 0.193. The number of phosphoric acid groups is 1. The van der Waals surface area contributed by atoms with Crippen LogP contribution in [0.4, 0.5) is 0 Å². The molecule has 0 aromatic heterocycles. The van der Waals surface area contributed by atoms with E-state index in [1.807, 2.05) is 0 Å². The number of rotatable bonds is 17. The maximum absolute atomic E-state index is 11.5. The molecule has 29 heavy (non-hydrogen) atoms. The Balaban J connectivity index is 2.24. The van der Waals surface area contributed by atoms with Crippen molar-refractivity contribution >= 4 is 13.8 Å². The summed E-state index contributed by atoms with van der Waals surface area (Å²) in [5.41, 5.74) is 0.390. The van der Waals surface area contributed by atoms with Gasteiger partial charge in [-0.05, 0) is 24.5 Å². The van der Waals surface area contributed by atoms with Crippen molar-refractivity contribution in [2.24, 2.45) is 0 Å². The first-order chi connectivity index (χ1) is 13.8. The Kier molecular flexibility index (Phi) is 12.9. The number of unbranched alkanes of at least 4 members (excludes halogenated alkanes) is 12. The molecule has 1 rings (SSSR count). The molecule has 0 fully saturated rings. The van der Waals surface area contributed by atoms with Crippen LogP contribution < -0.4 is 4.52 Å². The lowest BCUT2D eigenvalue weighted by Gasteiger charge is -2.13. The van der Waals surface area contributed by atoms with Crippen LogP contribution in [0, 0.1) is 0 Å². The maximum atomic E-state index is 11.5. The van der Waals surface area contributed by atoms with Crippen molar-refractivity contribution in [2.45, 2.75) is 96.8 Å². The van der Waals surface area contributed by atoms with Crippen molar-refractivity contribution in [3.63, 3.8) is 0 Å². The lowest BCUT2D eigenvalue weighted by atomic mass is 9.99. The standard InChI is InChI=1S/C22H37O6P/c1-2-3-4-5-6-7-8-9-10-11-12-13-14-16-19-17-15-18-20(21(19)22(23)24)28-29(25,26)27/h15,17-18H,2-14,16H2,1H3,(H,23,24)(H2,25,26,27). The average Bonchev–Trinajstić information content (AvgIpc) is 2.64. The third-order valence-electron chi connectivity index (χ3n) is 5.09. The van der Waals surface area contributed by atoms with Crippen LogP contribution in [0.15, 0.2) is 18.2 Å². The van der Waals surface area contributed by atoms with E-state index in [1.54, 1.807) is 12.1 Å². The molecule has 0 unspecified atom stereocenters. The van der Waals surface area contributed by atoms with Crippen LogP contribution in [0.3, 0.4) is 0 Å². The minimum Gasteiger partial charge on any atom is -0.478 e. The molecule has 7 heteroatoms. The van der Waals surface area contributed by atoms with Crippen LogP contribution in [0.25, 0.3) is 0 Å². The smallest absolute Gasteiger partial charge is 0.478 e. The third kappa shape index (κ3) is 12.0. The van der Waals surface area contributed by atoms with Crippen LogP contribution in [-0.2, 0) is 11.0 Å². The van der Waals surface area contributed by atoms with E-state index in [0.29, 0.717) is 12.0 Å². The van der Waals surface area contributed by atoms with Crippen LogP contribution in [0.5, 0.6) is 5.75 Å². The molecule has 0 radical (unpaired) electrons. The molecule has 6 nitrogen and oxygen atoms in total. The van der Waals surface area contributed by atoms with Crippen molar-refractivity contribution in [3.8, 4) is 5.75 Å². The van der Waals surface area contributed by atoms with Gasteiger partial charge in [0.1, 0.15) is 11.3 Å². The number of aryl methyl sites for hydroxylation is 1. The monoisotopic (exact) mass is 428 g/mol. The Labute approximate surface area is 174 Å². The molecule has 3 N–H and O–H groups in total. The van der Waals surface area contributed by atoms with Crippen molar-refractivity contribution in [1.29, 1.82) is 0 Å². The van der Waals surface area contributed by atoms with Gasteiger partial charge in [-0.25, -0.2) is 9.36 Å². The fourth-order valence-electron chi connectivity index (χ4n) is 3.57. The highest BCUT2D eigenvalue weighted by molar-refractivity contribution is 7.46. The van der Waals surface area contributed by atoms with Crippen LogP contribution >= 0.6 is 7.82 Å². The highest BCUT2D eigenvalue weighted by atomic mass is 31.2. The van der Waals surface area contributed by atoms with Gasteiger partial charge in [0, 0.05) is 0 Å². The Morgan fingerprint density at radius 2 is 1.34 bits per heavy atom. The molecular formula is C22H37O6P. The highest BCUT2D eigenvalue weighted by Crippen LogP contribution is 2.40. The summed E-state index contributed by atoms with van der Waals surface area (Å²) in [6.07, 6.45) is 16.7. The Morgan fingerprint density at radius 1 is 0.862 bits per heavy atom. The van der Waals surface area contributed by atoms with E-state index in [0.717, 1.165) is 19.3 Å². The van der Waals surface area contributed by atoms with Gasteiger partial charge in [-0.1, -0.05) is 96.1 Å². The highest BCUT2D eigenvalue weighted by Gasteiger charge is 2.23. The number of benzene rings is 1. The predicted octanol–water partition coefficient (Wildman–Crippen LogP) is 6.49. The summed E-state index contributed by atoms with van der Waals surface area (Å²) >= 11 is 0. The molecule has 0 amide bonds. The molecule has 0 heterocycles. The van der Waals surface area contributed by atoms with E-state index >= 15 is 0 Å². The first kappa shape index (κ1) is 25.7. The Morgan fingerprint density at radius 3 is 1.79 bits per heavy atom. The molecule has 0 spiro atoms. The van der Waals surface area contributed by atoms with Gasteiger partial charge in [0.05, 0.1) is 0 Å². The van der Waals surface area contributed by atoms with Gasteiger partial charge < -0.3 is 9.63 Å². The van der Waals surface area contributed by atoms with E-state index in [1.165, 1.54) is 70.3 Å². The number of phosphoric ester groups is 1. The molecule has 0 bridgehead atoms. The number of carbonyl (C=O) groups is 1. The minimum absolute atomic E-state index is 0.158. The van der Waals surface area contributed by atoms with E-state index < -0.39 is 13.8 Å². The SMILES string of the molecule is CCCCCCCCCCCCCCCc1cccc(OP(=O)(O)O)c1C(=O)O. The maximum Gasteiger partial charge on any atom is 0.524 e. The Hall–Kier alpha value is -1.36. The van der Waals surface area contributed by atoms with Gasteiger partial charge >= 0.3 is 13.8 Å². The first-order valence-electron chi connectivity index (χ1n) is 11.0. The molecule has 0 saturated heterocycles. The lowest BCUT2D eigenvalue weighted by Crippen LogP contribution is -2.06. The zero-order chi connectivity index (χ0) is 21.5. The van der Waals surface area contributed by atoms with E-state index in [-0.39, 0.29) is 11.3 Å². The topological polar surface area (TPSA) is 104 Å². The summed E-state index contributed by atoms with van der Waals surface area (Å²) in [5.74, 6) is -1.52. The van der Waals surface area contributed by atoms with E-state index in [2.05, 4.69) is 11.4 Å². The van der Waals surface area contributed by atoms with Gasteiger partial charge in [0.15, 0.2) is 0 Å². The second-order valence-corrected chi connectivity index (χ2v) is 8.83. The first-order valence-corrected chi connectivity index (χ1v) is 12.5. The summed E-state index contributed by atoms with van der Waals surface area (Å²) in [6, 6.07) is 4.52. The molecule has 1 aromatic carbocycles.